The fraction of sp³-hybridized carbons (Fsp3) is 0.250. The predicted octanol–water partition coefficient (Wildman–Crippen LogP) is 3.18. The van der Waals surface area contributed by atoms with E-state index in [1.807, 2.05) is 19.1 Å². The maximum absolute atomic E-state index is 12.1. The van der Waals surface area contributed by atoms with E-state index < -0.39 is 30.6 Å². The van der Waals surface area contributed by atoms with E-state index in [4.69, 9.17) is 22.1 Å². The quantitative estimate of drug-likeness (QED) is 0.588. The largest absolute Gasteiger partial charge is 0.455 e. The van der Waals surface area contributed by atoms with Gasteiger partial charge in [-0.05, 0) is 41.8 Å². The van der Waals surface area contributed by atoms with Crippen LogP contribution in [0.1, 0.15) is 30.5 Å². The number of hydrogen-bond donors (Lipinski definition) is 3. The third-order valence-electron chi connectivity index (χ3n) is 3.97. The summed E-state index contributed by atoms with van der Waals surface area (Å²) in [5.74, 6) is -1.10. The van der Waals surface area contributed by atoms with E-state index in [2.05, 4.69) is 10.6 Å². The van der Waals surface area contributed by atoms with Crippen molar-refractivity contribution in [1.29, 1.82) is 0 Å². The highest BCUT2D eigenvalue weighted by molar-refractivity contribution is 6.30. The van der Waals surface area contributed by atoms with Crippen LogP contribution >= 0.6 is 11.6 Å². The second-order valence-corrected chi connectivity index (χ2v) is 6.51. The molecule has 2 aromatic carbocycles. The number of esters is 1. The van der Waals surface area contributed by atoms with Gasteiger partial charge in [-0.2, -0.15) is 0 Å². The molecule has 1 atom stereocenters. The molecule has 28 heavy (non-hydrogen) atoms. The molecule has 0 aliphatic rings. The van der Waals surface area contributed by atoms with Gasteiger partial charge in [0.05, 0.1) is 12.5 Å². The SMILES string of the molecule is CCc1ccc(NC(=O)COC(=O)C[C@@H](NC(N)=O)c2ccc(Cl)cc2)cc1. The number of aryl methyl sites for hydroxylation is 1. The Labute approximate surface area is 168 Å². The number of primary amides is 1. The first-order chi connectivity index (χ1) is 13.4. The van der Waals surface area contributed by atoms with Crippen LogP contribution in [-0.4, -0.2) is 24.5 Å². The molecule has 0 spiro atoms. The summed E-state index contributed by atoms with van der Waals surface area (Å²) < 4.78 is 5.01. The van der Waals surface area contributed by atoms with E-state index in [0.29, 0.717) is 16.3 Å². The molecule has 0 radical (unpaired) electrons. The van der Waals surface area contributed by atoms with Crippen LogP contribution in [0.3, 0.4) is 0 Å². The molecule has 4 N–H and O–H groups in total. The molecule has 7 nitrogen and oxygen atoms in total. The number of nitrogens with two attached hydrogens (primary N) is 1. The first kappa shape index (κ1) is 21.2. The zero-order valence-corrected chi connectivity index (χ0v) is 16.2. The van der Waals surface area contributed by atoms with Gasteiger partial charge >= 0.3 is 12.0 Å². The van der Waals surface area contributed by atoms with Crippen LogP contribution < -0.4 is 16.4 Å². The van der Waals surface area contributed by atoms with Gasteiger partial charge in [0, 0.05) is 10.7 Å². The Kier molecular flexibility index (Phi) is 7.83. The fourth-order valence-corrected chi connectivity index (χ4v) is 2.64. The minimum Gasteiger partial charge on any atom is -0.455 e. The molecule has 2 rings (SSSR count). The zero-order chi connectivity index (χ0) is 20.5. The van der Waals surface area contributed by atoms with Gasteiger partial charge in [0.1, 0.15) is 0 Å². The molecule has 8 heteroatoms. The van der Waals surface area contributed by atoms with Crippen molar-refractivity contribution in [3.8, 4) is 0 Å². The van der Waals surface area contributed by atoms with Crippen molar-refractivity contribution >= 4 is 35.2 Å². The van der Waals surface area contributed by atoms with E-state index in [0.717, 1.165) is 12.0 Å². The normalized spacial score (nSPS) is 11.4. The number of anilines is 1. The first-order valence-electron chi connectivity index (χ1n) is 8.73. The lowest BCUT2D eigenvalue weighted by molar-refractivity contribution is -0.147. The van der Waals surface area contributed by atoms with Crippen LogP contribution in [0.5, 0.6) is 0 Å². The summed E-state index contributed by atoms with van der Waals surface area (Å²) in [5, 5.41) is 5.65. The number of rotatable bonds is 8. The molecule has 148 valence electrons. The number of halogens is 1. The predicted molar refractivity (Wildman–Crippen MR) is 107 cm³/mol. The Morgan fingerprint density at radius 1 is 1.07 bits per heavy atom. The lowest BCUT2D eigenvalue weighted by Crippen LogP contribution is -2.35. The van der Waals surface area contributed by atoms with E-state index >= 15 is 0 Å². The van der Waals surface area contributed by atoms with Crippen molar-refractivity contribution < 1.29 is 19.1 Å². The smallest absolute Gasteiger partial charge is 0.312 e. The topological polar surface area (TPSA) is 111 Å². The molecule has 0 heterocycles. The van der Waals surface area contributed by atoms with Gasteiger partial charge in [0.2, 0.25) is 0 Å². The van der Waals surface area contributed by atoms with Gasteiger partial charge in [-0.3, -0.25) is 9.59 Å². The summed E-state index contributed by atoms with van der Waals surface area (Å²) in [4.78, 5) is 35.3. The Balaban J connectivity index is 1.88. The fourth-order valence-electron chi connectivity index (χ4n) is 2.51. The first-order valence-corrected chi connectivity index (χ1v) is 9.11. The number of carbonyl (C=O) groups is 3. The third kappa shape index (κ3) is 6.92. The Morgan fingerprint density at radius 2 is 1.71 bits per heavy atom. The molecule has 0 unspecified atom stereocenters. The molecule has 3 amide bonds. The average molecular weight is 404 g/mol. The van der Waals surface area contributed by atoms with Gasteiger partial charge < -0.3 is 21.1 Å². The van der Waals surface area contributed by atoms with Crippen molar-refractivity contribution in [1.82, 2.24) is 5.32 Å². The molecule has 0 aromatic heterocycles. The van der Waals surface area contributed by atoms with E-state index in [1.165, 1.54) is 0 Å². The third-order valence-corrected chi connectivity index (χ3v) is 4.22. The second kappa shape index (κ2) is 10.3. The van der Waals surface area contributed by atoms with Gasteiger partial charge in [-0.1, -0.05) is 42.8 Å². The summed E-state index contributed by atoms with van der Waals surface area (Å²) in [6, 6.07) is 12.5. The molecular weight excluding hydrogens is 382 g/mol. The maximum atomic E-state index is 12.1. The molecule has 0 aliphatic heterocycles. The number of nitrogens with one attached hydrogen (secondary N) is 2. The van der Waals surface area contributed by atoms with Gasteiger partial charge in [-0.15, -0.1) is 0 Å². The van der Waals surface area contributed by atoms with Crippen molar-refractivity contribution in [2.75, 3.05) is 11.9 Å². The van der Waals surface area contributed by atoms with Gasteiger partial charge in [0.25, 0.3) is 5.91 Å². The summed E-state index contributed by atoms with van der Waals surface area (Å²) in [6.45, 7) is 1.61. The van der Waals surface area contributed by atoms with Crippen LogP contribution in [0.2, 0.25) is 5.02 Å². The summed E-state index contributed by atoms with van der Waals surface area (Å²) >= 11 is 5.85. The molecule has 0 fully saturated rings. The highest BCUT2D eigenvalue weighted by Crippen LogP contribution is 2.20. The van der Waals surface area contributed by atoms with Crippen molar-refractivity contribution in [3.63, 3.8) is 0 Å². The minimum absolute atomic E-state index is 0.178. The highest BCUT2D eigenvalue weighted by Gasteiger charge is 2.19. The van der Waals surface area contributed by atoms with Crippen LogP contribution in [0, 0.1) is 0 Å². The van der Waals surface area contributed by atoms with E-state index in [9.17, 15) is 14.4 Å². The molecule has 0 aliphatic carbocycles. The van der Waals surface area contributed by atoms with Crippen LogP contribution in [0.25, 0.3) is 0 Å². The number of hydrogen-bond acceptors (Lipinski definition) is 4. The number of ether oxygens (including phenoxy) is 1. The lowest BCUT2D eigenvalue weighted by atomic mass is 10.0. The molecule has 0 saturated heterocycles. The lowest BCUT2D eigenvalue weighted by Gasteiger charge is -2.17. The summed E-state index contributed by atoms with van der Waals surface area (Å²) in [6.07, 6.45) is 0.725. The molecule has 0 saturated carbocycles. The van der Waals surface area contributed by atoms with Crippen molar-refractivity contribution in [3.05, 3.63) is 64.7 Å². The monoisotopic (exact) mass is 403 g/mol. The zero-order valence-electron chi connectivity index (χ0n) is 15.4. The Morgan fingerprint density at radius 3 is 2.29 bits per heavy atom. The number of urea groups is 1. The minimum atomic E-state index is -0.777. The van der Waals surface area contributed by atoms with Gasteiger partial charge in [-0.25, -0.2) is 4.79 Å². The van der Waals surface area contributed by atoms with Crippen molar-refractivity contribution in [2.45, 2.75) is 25.8 Å². The van der Waals surface area contributed by atoms with Crippen LogP contribution in [0.15, 0.2) is 48.5 Å². The van der Waals surface area contributed by atoms with Crippen LogP contribution in [-0.2, 0) is 20.7 Å². The Bertz CT molecular complexity index is 822. The highest BCUT2D eigenvalue weighted by atomic mass is 35.5. The maximum Gasteiger partial charge on any atom is 0.312 e. The second-order valence-electron chi connectivity index (χ2n) is 6.08. The van der Waals surface area contributed by atoms with Gasteiger partial charge in [0.15, 0.2) is 6.61 Å². The number of benzene rings is 2. The summed E-state index contributed by atoms with van der Waals surface area (Å²) in [5.41, 5.74) is 7.58. The van der Waals surface area contributed by atoms with E-state index in [-0.39, 0.29) is 6.42 Å². The molecule has 0 bridgehead atoms. The number of amides is 3. The summed E-state index contributed by atoms with van der Waals surface area (Å²) in [7, 11) is 0. The molecular formula is C20H22ClN3O4. The average Bonchev–Trinajstić information content (AvgIpc) is 2.67. The van der Waals surface area contributed by atoms with Crippen molar-refractivity contribution in [2.24, 2.45) is 5.73 Å². The van der Waals surface area contributed by atoms with Crippen LogP contribution in [0.4, 0.5) is 10.5 Å². The Hall–Kier alpha value is -3.06. The van der Waals surface area contributed by atoms with E-state index in [1.54, 1.807) is 36.4 Å². The number of carbonyl (C=O) groups excluding carboxylic acids is 3. The molecule has 2 aromatic rings. The standard InChI is InChI=1S/C20H22ClN3O4/c1-2-13-3-9-16(10-4-13)23-18(25)12-28-19(26)11-17(24-20(22)27)14-5-7-15(21)8-6-14/h3-10,17H,2,11-12H2,1H3,(H,23,25)(H3,22,24,27)/t17-/m1/s1.